The van der Waals surface area contributed by atoms with Crippen molar-refractivity contribution in [3.63, 3.8) is 0 Å². The van der Waals surface area contributed by atoms with Crippen LogP contribution in [0.2, 0.25) is 0 Å². The molecule has 1 aromatic heterocycles. The second-order valence-electron chi connectivity index (χ2n) is 2.72. The van der Waals surface area contributed by atoms with Gasteiger partial charge in [0.2, 0.25) is 0 Å². The summed E-state index contributed by atoms with van der Waals surface area (Å²) in [6, 6.07) is 0. The number of methoxy groups -OCH3 is 1. The molecule has 3 N–H and O–H groups in total. The van der Waals surface area contributed by atoms with Crippen LogP contribution in [-0.4, -0.2) is 31.5 Å². The lowest BCUT2D eigenvalue weighted by Gasteiger charge is -1.97. The number of ether oxygens (including phenoxy) is 2. The van der Waals surface area contributed by atoms with Gasteiger partial charge in [-0.2, -0.15) is 0 Å². The summed E-state index contributed by atoms with van der Waals surface area (Å²) in [7, 11) is 1.43. The first-order valence-corrected chi connectivity index (χ1v) is 4.60. The molecule has 0 aliphatic heterocycles. The van der Waals surface area contributed by atoms with Gasteiger partial charge in [0, 0.05) is 7.11 Å². The Labute approximate surface area is 96.9 Å². The van der Waals surface area contributed by atoms with Crippen LogP contribution < -0.4 is 11.6 Å². The van der Waals surface area contributed by atoms with Crippen molar-refractivity contribution in [2.24, 2.45) is 5.73 Å². The number of carbonyl (C=O) groups is 1. The molecule has 0 bridgehead atoms. The van der Waals surface area contributed by atoms with Crippen LogP contribution in [0.4, 0.5) is 0 Å². The van der Waals surface area contributed by atoms with Crippen LogP contribution in [0.15, 0.2) is 13.6 Å². The van der Waals surface area contributed by atoms with Crippen molar-refractivity contribution in [1.29, 1.82) is 0 Å². The van der Waals surface area contributed by atoms with E-state index in [0.29, 0.717) is 5.76 Å². The molecule has 0 unspecified atom stereocenters. The molecule has 0 fully saturated rings. The third-order valence-electron chi connectivity index (χ3n) is 1.48. The Morgan fingerprint density at radius 3 is 2.41 bits per heavy atom. The van der Waals surface area contributed by atoms with Crippen molar-refractivity contribution in [3.8, 4) is 0 Å². The van der Waals surface area contributed by atoms with Crippen LogP contribution in [-0.2, 0) is 20.9 Å². The average molecular weight is 249 g/mol. The van der Waals surface area contributed by atoms with Crippen molar-refractivity contribution in [2.75, 3.05) is 20.4 Å². The first-order valence-electron chi connectivity index (χ1n) is 4.60. The van der Waals surface area contributed by atoms with Crippen LogP contribution in [0.1, 0.15) is 11.5 Å². The molecular formula is C9H15NO7. The van der Waals surface area contributed by atoms with Crippen LogP contribution in [0.5, 0.6) is 0 Å². The Hall–Kier alpha value is -1.64. The van der Waals surface area contributed by atoms with Crippen molar-refractivity contribution in [2.45, 2.75) is 13.5 Å². The van der Waals surface area contributed by atoms with Crippen LogP contribution in [0.3, 0.4) is 0 Å². The van der Waals surface area contributed by atoms with Crippen LogP contribution in [0.25, 0.3) is 0 Å². The average Bonchev–Trinajstić information content (AvgIpc) is 2.65. The molecule has 0 aliphatic carbocycles. The molecule has 0 spiro atoms. The summed E-state index contributed by atoms with van der Waals surface area (Å²) in [4.78, 5) is 20.4. The number of aliphatic hydroxyl groups is 1. The van der Waals surface area contributed by atoms with Crippen molar-refractivity contribution in [3.05, 3.63) is 22.1 Å². The molecule has 0 aromatic carbocycles. The van der Waals surface area contributed by atoms with Gasteiger partial charge in [-0.1, -0.05) is 0 Å². The molecule has 1 rings (SSSR count). The van der Waals surface area contributed by atoms with Gasteiger partial charge < -0.3 is 29.1 Å². The minimum Gasteiger partial charge on any atom is -0.438 e. The van der Waals surface area contributed by atoms with Gasteiger partial charge >= 0.3 is 11.8 Å². The molecule has 0 saturated heterocycles. The molecule has 0 aliphatic rings. The topological polar surface area (TPSA) is 125 Å². The summed E-state index contributed by atoms with van der Waals surface area (Å²) >= 11 is 0. The molecule has 8 nitrogen and oxygen atoms in total. The van der Waals surface area contributed by atoms with E-state index in [-0.39, 0.29) is 25.7 Å². The third-order valence-corrected chi connectivity index (χ3v) is 1.48. The molecule has 0 saturated carbocycles. The molecule has 17 heavy (non-hydrogen) atoms. The number of aliphatic hydroxyl groups excluding tert-OH is 1. The lowest BCUT2D eigenvalue weighted by molar-refractivity contribution is -0.152. The lowest BCUT2D eigenvalue weighted by atomic mass is 10.4. The zero-order valence-corrected chi connectivity index (χ0v) is 9.60. The standard InChI is InChI=1S/C5H6O4.C4H9NO3/c1-3-4(2-6)9-5(7)8-3;1-7-3-8-4(6)2-5/h6H,2H2,1H3;2-3,5H2,1H3. The van der Waals surface area contributed by atoms with E-state index in [1.807, 2.05) is 0 Å². The molecule has 0 atom stereocenters. The fourth-order valence-corrected chi connectivity index (χ4v) is 0.702. The van der Waals surface area contributed by atoms with Gasteiger partial charge in [0.05, 0.1) is 6.54 Å². The predicted molar refractivity (Wildman–Crippen MR) is 54.9 cm³/mol. The van der Waals surface area contributed by atoms with E-state index in [0.717, 1.165) is 0 Å². The number of hydrogen-bond acceptors (Lipinski definition) is 8. The second kappa shape index (κ2) is 8.50. The number of nitrogens with two attached hydrogens (primary N) is 1. The first-order chi connectivity index (χ1) is 8.04. The zero-order valence-electron chi connectivity index (χ0n) is 9.60. The summed E-state index contributed by atoms with van der Waals surface area (Å²) in [5.41, 5.74) is 4.88. The Morgan fingerprint density at radius 1 is 1.47 bits per heavy atom. The van der Waals surface area contributed by atoms with E-state index in [4.69, 9.17) is 10.8 Å². The first kappa shape index (κ1) is 15.4. The smallest absolute Gasteiger partial charge is 0.438 e. The molecule has 98 valence electrons. The number of carbonyl (C=O) groups excluding carboxylic acids is 1. The summed E-state index contributed by atoms with van der Waals surface area (Å²) < 4.78 is 17.6. The van der Waals surface area contributed by atoms with Crippen LogP contribution in [0, 0.1) is 6.92 Å². The Kier molecular flexibility index (Phi) is 7.68. The summed E-state index contributed by atoms with van der Waals surface area (Å²) in [5.74, 6) is -0.689. The van der Waals surface area contributed by atoms with Crippen molar-refractivity contribution >= 4 is 5.97 Å². The van der Waals surface area contributed by atoms with Gasteiger partial charge in [0.1, 0.15) is 12.4 Å². The van der Waals surface area contributed by atoms with E-state index in [9.17, 15) is 9.59 Å². The predicted octanol–water partition coefficient (Wildman–Crippen LogP) is -0.874. The highest BCUT2D eigenvalue weighted by molar-refractivity contribution is 5.71. The lowest BCUT2D eigenvalue weighted by Crippen LogP contribution is -2.17. The summed E-state index contributed by atoms with van der Waals surface area (Å²) in [5, 5.41) is 8.44. The van der Waals surface area contributed by atoms with Crippen LogP contribution >= 0.6 is 0 Å². The molecule has 8 heteroatoms. The maximum atomic E-state index is 10.2. The largest absolute Gasteiger partial charge is 0.519 e. The fraction of sp³-hybridized carbons (Fsp3) is 0.556. The highest BCUT2D eigenvalue weighted by Gasteiger charge is 2.04. The van der Waals surface area contributed by atoms with E-state index in [1.165, 1.54) is 7.11 Å². The number of rotatable bonds is 4. The molecule has 1 aromatic rings. The maximum Gasteiger partial charge on any atom is 0.519 e. The van der Waals surface area contributed by atoms with Gasteiger partial charge in [-0.15, -0.1) is 0 Å². The third kappa shape index (κ3) is 6.51. The molecule has 0 amide bonds. The van der Waals surface area contributed by atoms with Crippen molar-refractivity contribution in [1.82, 2.24) is 0 Å². The Bertz CT molecular complexity index is 381. The highest BCUT2D eigenvalue weighted by Crippen LogP contribution is 2.02. The number of aryl methyl sites for hydroxylation is 1. The molecular weight excluding hydrogens is 234 g/mol. The van der Waals surface area contributed by atoms with Gasteiger partial charge in [-0.25, -0.2) is 4.79 Å². The van der Waals surface area contributed by atoms with E-state index < -0.39 is 11.8 Å². The number of esters is 1. The minimum atomic E-state index is -0.767. The monoisotopic (exact) mass is 249 g/mol. The van der Waals surface area contributed by atoms with Gasteiger partial charge in [-0.05, 0) is 6.92 Å². The van der Waals surface area contributed by atoms with Gasteiger partial charge in [-0.3, -0.25) is 4.79 Å². The fourth-order valence-electron chi connectivity index (χ4n) is 0.702. The van der Waals surface area contributed by atoms with E-state index in [1.54, 1.807) is 6.92 Å². The highest BCUT2D eigenvalue weighted by atomic mass is 16.7. The van der Waals surface area contributed by atoms with Gasteiger partial charge in [0.25, 0.3) is 0 Å². The quantitative estimate of drug-likeness (QED) is 0.520. The second-order valence-corrected chi connectivity index (χ2v) is 2.72. The van der Waals surface area contributed by atoms with E-state index >= 15 is 0 Å². The Balaban J connectivity index is 0.000000304. The van der Waals surface area contributed by atoms with E-state index in [2.05, 4.69) is 18.3 Å². The van der Waals surface area contributed by atoms with Crippen molar-refractivity contribution < 1.29 is 28.2 Å². The normalized spacial score (nSPS) is 9.41. The Morgan fingerprint density at radius 2 is 2.12 bits per heavy atom. The summed E-state index contributed by atoms with van der Waals surface area (Å²) in [6.45, 7) is 1.15. The maximum absolute atomic E-state index is 10.2. The summed E-state index contributed by atoms with van der Waals surface area (Å²) in [6.07, 6.45) is 0. The SMILES string of the molecule is COCOC(=O)CN.Cc1oc(=O)oc1CO. The molecule has 1 heterocycles. The minimum absolute atomic E-state index is 0.0178. The molecule has 0 radical (unpaired) electrons. The van der Waals surface area contributed by atoms with Gasteiger partial charge in [0.15, 0.2) is 12.6 Å². The zero-order chi connectivity index (χ0) is 13.3. The number of hydrogen-bond donors (Lipinski definition) is 2.